The molecule has 1 aromatic heterocycles. The van der Waals surface area contributed by atoms with Crippen molar-refractivity contribution in [2.75, 3.05) is 5.73 Å². The Kier molecular flexibility index (Phi) is 3.33. The van der Waals surface area contributed by atoms with Crippen LogP contribution in [-0.2, 0) is 6.54 Å². The molecular formula is C11H9BrFN3O2. The molecule has 0 amide bonds. The van der Waals surface area contributed by atoms with Crippen molar-refractivity contribution >= 4 is 27.6 Å². The molecule has 0 spiro atoms. The highest BCUT2D eigenvalue weighted by molar-refractivity contribution is 9.10. The zero-order valence-electron chi connectivity index (χ0n) is 9.10. The smallest absolute Gasteiger partial charge is 0.358 e. The van der Waals surface area contributed by atoms with E-state index >= 15 is 0 Å². The zero-order valence-corrected chi connectivity index (χ0v) is 10.7. The number of nitrogen functional groups attached to an aromatic ring is 1. The largest absolute Gasteiger partial charge is 0.476 e. The van der Waals surface area contributed by atoms with Crippen LogP contribution in [0.4, 0.5) is 10.1 Å². The fraction of sp³-hybridized carbons (Fsp3) is 0.0909. The Morgan fingerprint density at radius 2 is 2.28 bits per heavy atom. The fourth-order valence-corrected chi connectivity index (χ4v) is 1.84. The van der Waals surface area contributed by atoms with Crippen LogP contribution in [0.5, 0.6) is 0 Å². The number of carboxylic acids is 1. The number of halogens is 2. The molecule has 2 rings (SSSR count). The first-order valence-corrected chi connectivity index (χ1v) is 5.77. The average molecular weight is 314 g/mol. The summed E-state index contributed by atoms with van der Waals surface area (Å²) in [5.41, 5.74) is 5.72. The summed E-state index contributed by atoms with van der Waals surface area (Å²) in [6.45, 7) is 0.122. The fourth-order valence-electron chi connectivity index (χ4n) is 1.51. The van der Waals surface area contributed by atoms with Crippen LogP contribution in [0, 0.1) is 5.82 Å². The van der Waals surface area contributed by atoms with Crippen molar-refractivity contribution in [2.24, 2.45) is 0 Å². The van der Waals surface area contributed by atoms with Crippen LogP contribution >= 0.6 is 15.9 Å². The van der Waals surface area contributed by atoms with E-state index in [2.05, 4.69) is 21.0 Å². The number of hydrogen-bond donors (Lipinski definition) is 2. The van der Waals surface area contributed by atoms with Gasteiger partial charge in [-0.05, 0) is 12.1 Å². The van der Waals surface area contributed by atoms with E-state index in [1.54, 1.807) is 12.1 Å². The van der Waals surface area contributed by atoms with Gasteiger partial charge in [0.05, 0.1) is 12.2 Å². The van der Waals surface area contributed by atoms with Crippen LogP contribution in [0.3, 0.4) is 0 Å². The number of aromatic carboxylic acids is 1. The molecule has 7 heteroatoms. The van der Waals surface area contributed by atoms with E-state index in [4.69, 9.17) is 10.8 Å². The average Bonchev–Trinajstić information content (AvgIpc) is 2.64. The maximum Gasteiger partial charge on any atom is 0.358 e. The number of carbonyl (C=O) groups is 1. The molecule has 0 radical (unpaired) electrons. The maximum atomic E-state index is 13.6. The Morgan fingerprint density at radius 3 is 2.83 bits per heavy atom. The van der Waals surface area contributed by atoms with Crippen LogP contribution in [0.1, 0.15) is 16.1 Å². The summed E-state index contributed by atoms with van der Waals surface area (Å²) in [6.07, 6.45) is 1.37. The van der Waals surface area contributed by atoms with Gasteiger partial charge in [0.25, 0.3) is 0 Å². The van der Waals surface area contributed by atoms with Gasteiger partial charge < -0.3 is 10.8 Å². The summed E-state index contributed by atoms with van der Waals surface area (Å²) in [5.74, 6) is -1.60. The molecule has 5 nitrogen and oxygen atoms in total. The first-order valence-electron chi connectivity index (χ1n) is 4.97. The van der Waals surface area contributed by atoms with Gasteiger partial charge in [-0.25, -0.2) is 9.18 Å². The first-order chi connectivity index (χ1) is 8.47. The van der Waals surface area contributed by atoms with Gasteiger partial charge in [0.15, 0.2) is 5.69 Å². The van der Waals surface area contributed by atoms with Gasteiger partial charge in [0.2, 0.25) is 0 Å². The molecule has 94 valence electrons. The lowest BCUT2D eigenvalue weighted by molar-refractivity contribution is 0.0690. The number of anilines is 1. The topological polar surface area (TPSA) is 81.1 Å². The molecule has 0 aliphatic heterocycles. The van der Waals surface area contributed by atoms with Gasteiger partial charge >= 0.3 is 5.97 Å². The van der Waals surface area contributed by atoms with Gasteiger partial charge in [0.1, 0.15) is 5.82 Å². The quantitative estimate of drug-likeness (QED) is 0.909. The molecule has 0 saturated carbocycles. The molecule has 18 heavy (non-hydrogen) atoms. The van der Waals surface area contributed by atoms with Crippen molar-refractivity contribution in [1.82, 2.24) is 9.78 Å². The lowest BCUT2D eigenvalue weighted by Gasteiger charge is -2.03. The molecule has 0 fully saturated rings. The number of hydrogen-bond acceptors (Lipinski definition) is 3. The van der Waals surface area contributed by atoms with E-state index in [9.17, 15) is 9.18 Å². The third kappa shape index (κ3) is 2.51. The van der Waals surface area contributed by atoms with Gasteiger partial charge in [-0.1, -0.05) is 22.0 Å². The Labute approximate surface area is 110 Å². The van der Waals surface area contributed by atoms with Crippen LogP contribution < -0.4 is 5.73 Å². The number of carboxylic acid groups (broad SMARTS) is 1. The van der Waals surface area contributed by atoms with Gasteiger partial charge in [-0.15, -0.1) is 0 Å². The number of nitrogens with two attached hydrogens (primary N) is 1. The molecule has 0 unspecified atom stereocenters. The summed E-state index contributed by atoms with van der Waals surface area (Å²) in [5, 5.41) is 12.6. The summed E-state index contributed by atoms with van der Waals surface area (Å²) < 4.78 is 15.5. The van der Waals surface area contributed by atoms with Crippen molar-refractivity contribution < 1.29 is 14.3 Å². The SMILES string of the molecule is Nc1cn(Cc2ccc(Br)cc2F)nc1C(=O)O. The Bertz CT molecular complexity index is 612. The minimum Gasteiger partial charge on any atom is -0.476 e. The molecular weight excluding hydrogens is 305 g/mol. The van der Waals surface area contributed by atoms with E-state index in [0.717, 1.165) is 0 Å². The summed E-state index contributed by atoms with van der Waals surface area (Å²) in [6, 6.07) is 4.63. The molecule has 3 N–H and O–H groups in total. The second-order valence-corrected chi connectivity index (χ2v) is 4.59. The second-order valence-electron chi connectivity index (χ2n) is 3.67. The standard InChI is InChI=1S/C11H9BrFN3O2/c12-7-2-1-6(8(13)3-7)4-16-5-9(14)10(15-16)11(17)18/h1-3,5H,4,14H2,(H,17,18). The molecule has 1 aromatic carbocycles. The zero-order chi connectivity index (χ0) is 13.3. The van der Waals surface area contributed by atoms with Crippen LogP contribution in [-0.4, -0.2) is 20.9 Å². The number of aromatic nitrogens is 2. The van der Waals surface area contributed by atoms with E-state index in [1.165, 1.54) is 16.9 Å². The number of benzene rings is 1. The Balaban J connectivity index is 2.29. The van der Waals surface area contributed by atoms with Crippen LogP contribution in [0.15, 0.2) is 28.9 Å². The minimum absolute atomic E-state index is 0.0556. The third-order valence-corrected chi connectivity index (χ3v) is 2.83. The van der Waals surface area contributed by atoms with Crippen molar-refractivity contribution in [3.8, 4) is 0 Å². The lowest BCUT2D eigenvalue weighted by atomic mass is 10.2. The van der Waals surface area contributed by atoms with Crippen LogP contribution in [0.25, 0.3) is 0 Å². The van der Waals surface area contributed by atoms with Gasteiger partial charge in [-0.2, -0.15) is 5.10 Å². The second kappa shape index (κ2) is 4.77. The predicted octanol–water partition coefficient (Wildman–Crippen LogP) is 2.11. The number of rotatable bonds is 3. The molecule has 0 aliphatic carbocycles. The minimum atomic E-state index is -1.21. The van der Waals surface area contributed by atoms with Gasteiger partial charge in [-0.3, -0.25) is 4.68 Å². The van der Waals surface area contributed by atoms with Crippen molar-refractivity contribution in [3.05, 3.63) is 45.9 Å². The molecule has 0 saturated heterocycles. The van der Waals surface area contributed by atoms with Crippen molar-refractivity contribution in [2.45, 2.75) is 6.54 Å². The normalized spacial score (nSPS) is 10.6. The van der Waals surface area contributed by atoms with Crippen molar-refractivity contribution in [3.63, 3.8) is 0 Å². The molecule has 0 atom stereocenters. The lowest BCUT2D eigenvalue weighted by Crippen LogP contribution is -2.05. The Morgan fingerprint density at radius 1 is 1.56 bits per heavy atom. The van der Waals surface area contributed by atoms with E-state index in [-0.39, 0.29) is 17.9 Å². The Hall–Kier alpha value is -1.89. The summed E-state index contributed by atoms with van der Waals surface area (Å²) >= 11 is 3.16. The van der Waals surface area contributed by atoms with E-state index < -0.39 is 11.8 Å². The van der Waals surface area contributed by atoms with Gasteiger partial charge in [0, 0.05) is 16.2 Å². The van der Waals surface area contributed by atoms with Crippen molar-refractivity contribution in [1.29, 1.82) is 0 Å². The third-order valence-electron chi connectivity index (χ3n) is 2.34. The monoisotopic (exact) mass is 313 g/mol. The highest BCUT2D eigenvalue weighted by Gasteiger charge is 2.14. The molecule has 2 aromatic rings. The molecule has 0 bridgehead atoms. The van der Waals surface area contributed by atoms with E-state index in [1.807, 2.05) is 0 Å². The van der Waals surface area contributed by atoms with E-state index in [0.29, 0.717) is 10.0 Å². The summed E-state index contributed by atoms with van der Waals surface area (Å²) in [7, 11) is 0. The molecule has 1 heterocycles. The predicted molar refractivity (Wildman–Crippen MR) is 66.8 cm³/mol. The summed E-state index contributed by atoms with van der Waals surface area (Å²) in [4.78, 5) is 10.8. The highest BCUT2D eigenvalue weighted by atomic mass is 79.9. The number of nitrogens with zero attached hydrogens (tertiary/aromatic N) is 2. The van der Waals surface area contributed by atoms with Crippen LogP contribution in [0.2, 0.25) is 0 Å². The first kappa shape index (κ1) is 12.6. The maximum absolute atomic E-state index is 13.6. The highest BCUT2D eigenvalue weighted by Crippen LogP contribution is 2.17. The molecule has 0 aliphatic rings.